The molecule has 0 spiro atoms. The van der Waals surface area contributed by atoms with E-state index in [9.17, 15) is 4.79 Å². The van der Waals surface area contributed by atoms with Crippen LogP contribution in [0.15, 0.2) is 4.99 Å². The van der Waals surface area contributed by atoms with Gasteiger partial charge in [0.05, 0.1) is 6.61 Å². The molecule has 1 amide bonds. The van der Waals surface area contributed by atoms with Crippen molar-refractivity contribution in [3.63, 3.8) is 0 Å². The summed E-state index contributed by atoms with van der Waals surface area (Å²) in [6.45, 7) is 1.45. The van der Waals surface area contributed by atoms with Gasteiger partial charge in [0.15, 0.2) is 5.96 Å². The zero-order valence-corrected chi connectivity index (χ0v) is 17.8. The fourth-order valence-corrected chi connectivity index (χ4v) is 3.22. The molecule has 0 aromatic heterocycles. The Balaban J connectivity index is 0.00000484. The number of halogens is 1. The first-order valence-electron chi connectivity index (χ1n) is 7.83. The number of ether oxygens (including phenoxy) is 1. The van der Waals surface area contributed by atoms with Crippen LogP contribution in [-0.4, -0.2) is 75.2 Å². The summed E-state index contributed by atoms with van der Waals surface area (Å²) in [7, 11) is 5.16. The summed E-state index contributed by atoms with van der Waals surface area (Å²) in [6.07, 6.45) is 7.01. The minimum atomic E-state index is -0.00141. The smallest absolute Gasteiger partial charge is 0.243 e. The molecule has 0 radical (unpaired) electrons. The fraction of sp³-hybridized carbons (Fsp3) is 0.867. The van der Waals surface area contributed by atoms with Gasteiger partial charge in [0.2, 0.25) is 5.91 Å². The van der Waals surface area contributed by atoms with Gasteiger partial charge in [0, 0.05) is 39.0 Å². The molecule has 0 aromatic carbocycles. The molecule has 8 heteroatoms. The molecule has 0 bridgehead atoms. The largest absolute Gasteiger partial charge is 0.383 e. The molecule has 23 heavy (non-hydrogen) atoms. The molecule has 2 atom stereocenters. The first kappa shape index (κ1) is 22.8. The summed E-state index contributed by atoms with van der Waals surface area (Å²) >= 11 is 1.94. The number of guanidine groups is 1. The van der Waals surface area contributed by atoms with Gasteiger partial charge in [-0.15, -0.1) is 24.0 Å². The van der Waals surface area contributed by atoms with Gasteiger partial charge < -0.3 is 20.3 Å². The van der Waals surface area contributed by atoms with E-state index in [0.29, 0.717) is 25.2 Å². The average molecular weight is 458 g/mol. The predicted octanol–water partition coefficient (Wildman–Crippen LogP) is 1.55. The molecule has 0 saturated heterocycles. The molecule has 1 saturated carbocycles. The molecule has 136 valence electrons. The van der Waals surface area contributed by atoms with Gasteiger partial charge in [-0.25, -0.2) is 4.99 Å². The number of nitrogens with one attached hydrogen (secondary N) is 2. The Kier molecular flexibility index (Phi) is 13.0. The highest BCUT2D eigenvalue weighted by atomic mass is 127. The Hall–Kier alpha value is -0.220. The van der Waals surface area contributed by atoms with Gasteiger partial charge in [0.1, 0.15) is 6.54 Å². The molecule has 0 heterocycles. The summed E-state index contributed by atoms with van der Waals surface area (Å²) in [5.41, 5.74) is 0. The first-order valence-corrected chi connectivity index (χ1v) is 9.12. The number of carbonyl (C=O) groups is 1. The van der Waals surface area contributed by atoms with Crippen LogP contribution in [-0.2, 0) is 9.53 Å². The third-order valence-corrected chi connectivity index (χ3v) is 4.86. The van der Waals surface area contributed by atoms with E-state index in [1.165, 1.54) is 12.8 Å². The number of methoxy groups -OCH3 is 1. The van der Waals surface area contributed by atoms with Gasteiger partial charge in [-0.3, -0.25) is 4.79 Å². The summed E-state index contributed by atoms with van der Waals surface area (Å²) in [4.78, 5) is 17.7. The van der Waals surface area contributed by atoms with Crippen LogP contribution in [0, 0.1) is 0 Å². The normalized spacial score (nSPS) is 21.3. The standard InChI is InChI=1S/C15H30N4O2S.HI/c1-19(2)14(20)11-17-15(16-8-9-21-3)18-12-6-5-7-13(10-12)22-4;/h12-13H,5-11H2,1-4H3,(H2,16,17,18);1H. The van der Waals surface area contributed by atoms with Crippen molar-refractivity contribution in [3.8, 4) is 0 Å². The maximum atomic E-state index is 11.7. The van der Waals surface area contributed by atoms with E-state index < -0.39 is 0 Å². The minimum Gasteiger partial charge on any atom is -0.383 e. The van der Waals surface area contributed by atoms with E-state index >= 15 is 0 Å². The highest BCUT2D eigenvalue weighted by Crippen LogP contribution is 2.26. The number of nitrogens with zero attached hydrogens (tertiary/aromatic N) is 2. The molecular weight excluding hydrogens is 427 g/mol. The van der Waals surface area contributed by atoms with Crippen LogP contribution < -0.4 is 10.6 Å². The van der Waals surface area contributed by atoms with E-state index in [4.69, 9.17) is 4.74 Å². The van der Waals surface area contributed by atoms with Crippen molar-refractivity contribution in [3.05, 3.63) is 0 Å². The molecule has 1 aliphatic carbocycles. The van der Waals surface area contributed by atoms with Crippen LogP contribution in [0.2, 0.25) is 0 Å². The number of hydrogen-bond donors (Lipinski definition) is 2. The van der Waals surface area contributed by atoms with Crippen molar-refractivity contribution in [1.29, 1.82) is 0 Å². The second kappa shape index (κ2) is 13.1. The number of rotatable bonds is 7. The summed E-state index contributed by atoms with van der Waals surface area (Å²) in [5, 5.41) is 7.42. The van der Waals surface area contributed by atoms with Crippen molar-refractivity contribution < 1.29 is 9.53 Å². The zero-order valence-electron chi connectivity index (χ0n) is 14.6. The number of aliphatic imine (C=N–C) groups is 1. The van der Waals surface area contributed by atoms with Crippen molar-refractivity contribution in [1.82, 2.24) is 15.5 Å². The monoisotopic (exact) mass is 458 g/mol. The molecule has 0 aromatic rings. The van der Waals surface area contributed by atoms with Crippen LogP contribution in [0.25, 0.3) is 0 Å². The lowest BCUT2D eigenvalue weighted by atomic mass is 9.95. The molecule has 1 aliphatic rings. The predicted molar refractivity (Wildman–Crippen MR) is 109 cm³/mol. The summed E-state index contributed by atoms with van der Waals surface area (Å²) in [5.74, 6) is 0.706. The Morgan fingerprint density at radius 3 is 2.74 bits per heavy atom. The number of hydrogen-bond acceptors (Lipinski definition) is 4. The van der Waals surface area contributed by atoms with Gasteiger partial charge >= 0.3 is 0 Å². The Bertz CT molecular complexity index is 369. The lowest BCUT2D eigenvalue weighted by Crippen LogP contribution is -2.47. The van der Waals surface area contributed by atoms with E-state index in [2.05, 4.69) is 21.9 Å². The van der Waals surface area contributed by atoms with Crippen LogP contribution in [0.1, 0.15) is 25.7 Å². The Labute approximate surface area is 161 Å². The Morgan fingerprint density at radius 1 is 1.39 bits per heavy atom. The van der Waals surface area contributed by atoms with Crippen molar-refractivity contribution >= 4 is 47.6 Å². The molecule has 6 nitrogen and oxygen atoms in total. The molecule has 2 N–H and O–H groups in total. The number of carbonyl (C=O) groups excluding carboxylic acids is 1. The quantitative estimate of drug-likeness (QED) is 0.262. The van der Waals surface area contributed by atoms with Gasteiger partial charge in [-0.1, -0.05) is 6.42 Å². The summed E-state index contributed by atoms with van der Waals surface area (Å²) < 4.78 is 5.06. The SMILES string of the molecule is COCCNC(=NCC(=O)N(C)C)NC1CCCC(SC)C1.I. The van der Waals surface area contributed by atoms with Crippen LogP contribution >= 0.6 is 35.7 Å². The van der Waals surface area contributed by atoms with Gasteiger partial charge in [0.25, 0.3) is 0 Å². The minimum absolute atomic E-state index is 0. The lowest BCUT2D eigenvalue weighted by Gasteiger charge is -2.30. The molecule has 1 fully saturated rings. The lowest BCUT2D eigenvalue weighted by molar-refractivity contribution is -0.127. The number of amides is 1. The zero-order chi connectivity index (χ0) is 16.4. The van der Waals surface area contributed by atoms with E-state index in [0.717, 1.165) is 18.1 Å². The second-order valence-electron chi connectivity index (χ2n) is 5.74. The highest BCUT2D eigenvalue weighted by Gasteiger charge is 2.22. The topological polar surface area (TPSA) is 66.0 Å². The van der Waals surface area contributed by atoms with Gasteiger partial charge in [-0.05, 0) is 25.5 Å². The third-order valence-electron chi connectivity index (χ3n) is 3.77. The van der Waals surface area contributed by atoms with Crippen molar-refractivity contribution in [2.75, 3.05) is 47.2 Å². The van der Waals surface area contributed by atoms with Crippen LogP contribution in [0.4, 0.5) is 0 Å². The van der Waals surface area contributed by atoms with E-state index in [1.807, 2.05) is 11.8 Å². The molecule has 1 rings (SSSR count). The van der Waals surface area contributed by atoms with E-state index in [1.54, 1.807) is 26.1 Å². The van der Waals surface area contributed by atoms with Crippen molar-refractivity contribution in [2.24, 2.45) is 4.99 Å². The average Bonchev–Trinajstić information content (AvgIpc) is 2.52. The Morgan fingerprint density at radius 2 is 2.13 bits per heavy atom. The second-order valence-corrected chi connectivity index (χ2v) is 6.88. The highest BCUT2D eigenvalue weighted by molar-refractivity contribution is 14.0. The van der Waals surface area contributed by atoms with E-state index in [-0.39, 0.29) is 36.4 Å². The molecular formula is C15H31IN4O2S. The third kappa shape index (κ3) is 9.61. The van der Waals surface area contributed by atoms with Crippen molar-refractivity contribution in [2.45, 2.75) is 37.0 Å². The maximum Gasteiger partial charge on any atom is 0.243 e. The summed E-state index contributed by atoms with van der Waals surface area (Å²) in [6, 6.07) is 0.425. The number of likely N-dealkylation sites (N-methyl/N-ethyl adjacent to an activating group) is 1. The van der Waals surface area contributed by atoms with Gasteiger partial charge in [-0.2, -0.15) is 11.8 Å². The first-order chi connectivity index (χ1) is 10.6. The van der Waals surface area contributed by atoms with Crippen LogP contribution in [0.3, 0.4) is 0 Å². The molecule has 0 aliphatic heterocycles. The molecule has 2 unspecified atom stereocenters. The fourth-order valence-electron chi connectivity index (χ4n) is 2.40. The van der Waals surface area contributed by atoms with Crippen LogP contribution in [0.5, 0.6) is 0 Å². The number of thioether (sulfide) groups is 1. The maximum absolute atomic E-state index is 11.7.